The zero-order valence-electron chi connectivity index (χ0n) is 21.9. The minimum absolute atomic E-state index is 0.100. The number of nitrogens with zero attached hydrogens (tertiary/aromatic N) is 4. The maximum absolute atomic E-state index is 14.7. The first-order valence-electron chi connectivity index (χ1n) is 13.0. The molecule has 0 saturated heterocycles. The molecule has 6 rings (SSSR count). The second kappa shape index (κ2) is 11.0. The molecule has 0 spiro atoms. The predicted octanol–water partition coefficient (Wildman–Crippen LogP) is 6.40. The van der Waals surface area contributed by atoms with Crippen LogP contribution in [0.4, 0.5) is 17.6 Å². The average molecular weight is 627 g/mol. The normalized spacial score (nSPS) is 21.8. The Morgan fingerprint density at radius 1 is 0.952 bits per heavy atom. The van der Waals surface area contributed by atoms with Crippen molar-refractivity contribution in [3.05, 3.63) is 81.1 Å². The Bertz CT molecular complexity index is 1510. The van der Waals surface area contributed by atoms with Gasteiger partial charge in [0.15, 0.2) is 11.5 Å². The third-order valence-corrected chi connectivity index (χ3v) is 8.99. The Labute approximate surface area is 247 Å². The van der Waals surface area contributed by atoms with E-state index in [1.165, 1.54) is 24.5 Å². The number of benzene rings is 1. The second-order valence-electron chi connectivity index (χ2n) is 10.8. The van der Waals surface area contributed by atoms with E-state index in [0.29, 0.717) is 5.56 Å². The van der Waals surface area contributed by atoms with Gasteiger partial charge in [-0.05, 0) is 56.2 Å². The van der Waals surface area contributed by atoms with Gasteiger partial charge in [0.05, 0.1) is 44.9 Å². The molecule has 3 aliphatic carbocycles. The maximum atomic E-state index is 14.7. The zero-order valence-corrected chi connectivity index (χ0v) is 23.4. The van der Waals surface area contributed by atoms with Crippen molar-refractivity contribution >= 4 is 40.9 Å². The summed E-state index contributed by atoms with van der Waals surface area (Å²) >= 11 is 12.2. The lowest BCUT2D eigenvalue weighted by Crippen LogP contribution is -2.52. The van der Waals surface area contributed by atoms with Gasteiger partial charge in [0.1, 0.15) is 5.82 Å². The van der Waals surface area contributed by atoms with E-state index in [0.717, 1.165) is 27.9 Å². The summed E-state index contributed by atoms with van der Waals surface area (Å²) in [5.74, 6) is -3.39. The fourth-order valence-corrected chi connectivity index (χ4v) is 6.63. The van der Waals surface area contributed by atoms with Crippen molar-refractivity contribution in [2.24, 2.45) is 5.41 Å². The summed E-state index contributed by atoms with van der Waals surface area (Å²) < 4.78 is 58.4. The maximum Gasteiger partial charge on any atom is 0.433 e. The number of hydrogen-bond donors (Lipinski definition) is 1. The Hall–Kier alpha value is -3.51. The number of carboxylic acids is 1. The fourth-order valence-electron chi connectivity index (χ4n) is 6.05. The minimum Gasteiger partial charge on any atom is -0.481 e. The van der Waals surface area contributed by atoms with Crippen LogP contribution in [-0.4, -0.2) is 49.0 Å². The fraction of sp³-hybridized carbons (Fsp3) is 0.393. The number of carbonyl (C=O) groups excluding carboxylic acids is 2. The van der Waals surface area contributed by atoms with E-state index >= 15 is 0 Å². The Morgan fingerprint density at radius 2 is 1.52 bits per heavy atom. The molecule has 1 N–H and O–H groups in total. The number of fused-ring (bicyclic) bond motifs is 3. The molecule has 0 radical (unpaired) electrons. The number of amides is 1. The molecule has 0 atom stereocenters. The van der Waals surface area contributed by atoms with Gasteiger partial charge in [-0.2, -0.15) is 18.3 Å². The summed E-state index contributed by atoms with van der Waals surface area (Å²) in [6, 6.07) is 4.94. The molecule has 3 aliphatic rings. The molecule has 0 aliphatic heterocycles. The van der Waals surface area contributed by atoms with Gasteiger partial charge < -0.3 is 10.0 Å². The number of carbonyl (C=O) groups is 3. The number of rotatable bonds is 8. The summed E-state index contributed by atoms with van der Waals surface area (Å²) in [5.41, 5.74) is -3.90. The van der Waals surface area contributed by atoms with Crippen molar-refractivity contribution in [3.8, 4) is 0 Å². The van der Waals surface area contributed by atoms with Crippen LogP contribution in [-0.2, 0) is 23.1 Å². The monoisotopic (exact) mass is 626 g/mol. The van der Waals surface area contributed by atoms with Gasteiger partial charge in [-0.1, -0.05) is 35.3 Å². The molecule has 14 heteroatoms. The smallest absolute Gasteiger partial charge is 0.433 e. The molecule has 2 aromatic heterocycles. The molecule has 2 heterocycles. The first-order chi connectivity index (χ1) is 19.8. The Morgan fingerprint density at radius 3 is 2.05 bits per heavy atom. The number of pyridine rings is 1. The van der Waals surface area contributed by atoms with E-state index in [-0.39, 0.29) is 60.7 Å². The van der Waals surface area contributed by atoms with E-state index in [9.17, 15) is 37.1 Å². The molecule has 3 aromatic rings. The summed E-state index contributed by atoms with van der Waals surface area (Å²) in [4.78, 5) is 43.6. The number of carboxylic acid groups (broad SMARTS) is 1. The summed E-state index contributed by atoms with van der Waals surface area (Å²) in [6.45, 7) is -1.03. The zero-order chi connectivity index (χ0) is 30.4. The van der Waals surface area contributed by atoms with Crippen LogP contribution in [0.1, 0.15) is 70.5 Å². The van der Waals surface area contributed by atoms with Gasteiger partial charge >= 0.3 is 12.1 Å². The van der Waals surface area contributed by atoms with Crippen LogP contribution >= 0.6 is 23.2 Å². The number of aliphatic carboxylic acids is 1. The minimum atomic E-state index is -5.00. The topological polar surface area (TPSA) is 105 Å². The van der Waals surface area contributed by atoms with E-state index in [4.69, 9.17) is 23.2 Å². The highest BCUT2D eigenvalue weighted by Crippen LogP contribution is 2.56. The number of aromatic nitrogens is 3. The lowest BCUT2D eigenvalue weighted by Gasteiger charge is -2.51. The third-order valence-electron chi connectivity index (χ3n) is 8.42. The van der Waals surface area contributed by atoms with Crippen molar-refractivity contribution in [2.45, 2.75) is 56.8 Å². The lowest BCUT2D eigenvalue weighted by molar-refractivity contribution is -0.163. The van der Waals surface area contributed by atoms with Gasteiger partial charge in [-0.3, -0.25) is 24.0 Å². The lowest BCUT2D eigenvalue weighted by atomic mass is 9.57. The molecule has 1 aromatic carbocycles. The predicted molar refractivity (Wildman–Crippen MR) is 143 cm³/mol. The molecule has 3 saturated carbocycles. The van der Waals surface area contributed by atoms with Crippen LogP contribution in [0.3, 0.4) is 0 Å². The van der Waals surface area contributed by atoms with Crippen LogP contribution in [0, 0.1) is 11.2 Å². The molecular weight excluding hydrogens is 603 g/mol. The molecular formula is C28H24Cl2F4N4O4. The highest BCUT2D eigenvalue weighted by molar-refractivity contribution is 6.39. The molecule has 8 nitrogen and oxygen atoms in total. The van der Waals surface area contributed by atoms with E-state index in [2.05, 4.69) is 10.1 Å². The summed E-state index contributed by atoms with van der Waals surface area (Å²) in [6.07, 6.45) is -0.751. The standard InChI is InChI=1S/C28H24Cl2F4N4O4/c29-19-12-35-13-20(30)22(19)21(39)15-37(14-16-1-3-17(31)4-2-16)24(40)18-11-36-38(23(18)28(32,33)34)27-8-5-26(6-9-27,7-10-27)25(41)42/h1-4,11-13H,5-10,14-15H2,(H,41,42). The van der Waals surface area contributed by atoms with Gasteiger partial charge in [0.25, 0.3) is 5.91 Å². The summed E-state index contributed by atoms with van der Waals surface area (Å²) in [7, 11) is 0. The van der Waals surface area contributed by atoms with Crippen LogP contribution in [0.25, 0.3) is 0 Å². The Balaban J connectivity index is 1.53. The number of halogens is 6. The second-order valence-corrected chi connectivity index (χ2v) is 11.6. The molecule has 2 bridgehead atoms. The van der Waals surface area contributed by atoms with Crippen LogP contribution in [0.15, 0.2) is 42.9 Å². The van der Waals surface area contributed by atoms with E-state index in [1.807, 2.05) is 0 Å². The van der Waals surface area contributed by atoms with E-state index < -0.39 is 58.4 Å². The number of alkyl halides is 3. The summed E-state index contributed by atoms with van der Waals surface area (Å²) in [5, 5.41) is 13.5. The number of ketones is 1. The first-order valence-corrected chi connectivity index (χ1v) is 13.8. The molecule has 3 fully saturated rings. The largest absolute Gasteiger partial charge is 0.481 e. The first kappa shape index (κ1) is 30.0. The van der Waals surface area contributed by atoms with Crippen molar-refractivity contribution in [1.82, 2.24) is 19.7 Å². The van der Waals surface area contributed by atoms with Crippen LogP contribution in [0.5, 0.6) is 0 Å². The van der Waals surface area contributed by atoms with Crippen molar-refractivity contribution in [3.63, 3.8) is 0 Å². The average Bonchev–Trinajstić information content (AvgIpc) is 3.41. The van der Waals surface area contributed by atoms with Gasteiger partial charge in [0.2, 0.25) is 0 Å². The highest BCUT2D eigenvalue weighted by atomic mass is 35.5. The SMILES string of the molecule is O=C(CN(Cc1ccc(F)cc1)C(=O)c1cnn(C23CCC(C(=O)O)(CC2)CC3)c1C(F)(F)F)c1c(Cl)cncc1Cl. The van der Waals surface area contributed by atoms with Gasteiger partial charge in [0, 0.05) is 18.9 Å². The molecule has 0 unspecified atom stereocenters. The molecule has 42 heavy (non-hydrogen) atoms. The van der Waals surface area contributed by atoms with Gasteiger partial charge in [-0.15, -0.1) is 0 Å². The van der Waals surface area contributed by atoms with Crippen molar-refractivity contribution in [1.29, 1.82) is 0 Å². The van der Waals surface area contributed by atoms with Crippen molar-refractivity contribution < 1.29 is 37.1 Å². The van der Waals surface area contributed by atoms with Crippen molar-refractivity contribution in [2.75, 3.05) is 6.54 Å². The van der Waals surface area contributed by atoms with E-state index in [1.54, 1.807) is 0 Å². The third kappa shape index (κ3) is 5.37. The molecule has 222 valence electrons. The highest BCUT2D eigenvalue weighted by Gasteiger charge is 2.56. The Kier molecular flexibility index (Phi) is 7.82. The molecule has 1 amide bonds. The number of hydrogen-bond acceptors (Lipinski definition) is 5. The van der Waals surface area contributed by atoms with Crippen LogP contribution in [0.2, 0.25) is 10.0 Å². The number of Topliss-reactive ketones (excluding diaryl/α,β-unsaturated/α-hetero) is 1. The van der Waals surface area contributed by atoms with Crippen LogP contribution < -0.4 is 0 Å². The van der Waals surface area contributed by atoms with Gasteiger partial charge in [-0.25, -0.2) is 4.39 Å². The quantitative estimate of drug-likeness (QED) is 0.229.